The molecule has 4 nitrogen and oxygen atoms in total. The monoisotopic (exact) mass is 203 g/mol. The van der Waals surface area contributed by atoms with E-state index < -0.39 is 0 Å². The molecular formula is C11H13N3O. The molecule has 1 fully saturated rings. The second kappa shape index (κ2) is 2.95. The highest BCUT2D eigenvalue weighted by molar-refractivity contribution is 5.56. The lowest BCUT2D eigenvalue weighted by atomic mass is 10.2. The molecular weight excluding hydrogens is 190 g/mol. The molecule has 0 unspecified atom stereocenters. The normalized spacial score (nSPS) is 16.1. The van der Waals surface area contributed by atoms with Gasteiger partial charge in [0.15, 0.2) is 5.82 Å². The van der Waals surface area contributed by atoms with Crippen molar-refractivity contribution in [3.8, 4) is 11.5 Å². The van der Waals surface area contributed by atoms with E-state index in [2.05, 4.69) is 9.97 Å². The van der Waals surface area contributed by atoms with Crippen LogP contribution in [0.25, 0.3) is 11.5 Å². The fourth-order valence-corrected chi connectivity index (χ4v) is 1.81. The first-order valence-electron chi connectivity index (χ1n) is 5.28. The smallest absolute Gasteiger partial charge is 0.195 e. The molecule has 4 heteroatoms. The van der Waals surface area contributed by atoms with Crippen molar-refractivity contribution >= 4 is 0 Å². The molecule has 1 saturated carbocycles. The van der Waals surface area contributed by atoms with E-state index in [1.165, 1.54) is 12.8 Å². The lowest BCUT2D eigenvalue weighted by Gasteiger charge is -2.03. The largest absolute Gasteiger partial charge is 0.427 e. The molecule has 0 radical (unpaired) electrons. The topological polar surface area (TPSA) is 50.9 Å². The van der Waals surface area contributed by atoms with Crippen LogP contribution >= 0.6 is 0 Å². The third kappa shape index (κ3) is 1.46. The molecule has 3 rings (SSSR count). The van der Waals surface area contributed by atoms with Gasteiger partial charge >= 0.3 is 0 Å². The van der Waals surface area contributed by atoms with Crippen LogP contribution in [0.4, 0.5) is 0 Å². The molecule has 0 aromatic heterocycles. The Bertz CT molecular complexity index is 437. The molecule has 15 heavy (non-hydrogen) atoms. The fourth-order valence-electron chi connectivity index (χ4n) is 1.81. The van der Waals surface area contributed by atoms with Crippen molar-refractivity contribution in [3.63, 3.8) is 0 Å². The van der Waals surface area contributed by atoms with Gasteiger partial charge in [-0.05, 0) is 37.3 Å². The molecule has 0 spiro atoms. The van der Waals surface area contributed by atoms with Crippen molar-refractivity contribution in [2.24, 2.45) is 5.92 Å². The SMILES string of the molecule is Cc1ccn(O)c2nc(CC3CC3)nc1-2. The Morgan fingerprint density at radius 2 is 2.27 bits per heavy atom. The molecule has 1 N–H and O–H groups in total. The summed E-state index contributed by atoms with van der Waals surface area (Å²) < 4.78 is 1.05. The van der Waals surface area contributed by atoms with Crippen LogP contribution in [-0.4, -0.2) is 19.9 Å². The van der Waals surface area contributed by atoms with Gasteiger partial charge in [-0.1, -0.05) is 0 Å². The molecule has 0 amide bonds. The molecule has 2 aliphatic heterocycles. The van der Waals surface area contributed by atoms with Crippen LogP contribution in [0, 0.1) is 12.8 Å². The van der Waals surface area contributed by atoms with Crippen molar-refractivity contribution < 1.29 is 5.21 Å². The number of hydrogen-bond donors (Lipinski definition) is 1. The van der Waals surface area contributed by atoms with Gasteiger partial charge in [0.25, 0.3) is 0 Å². The summed E-state index contributed by atoms with van der Waals surface area (Å²) in [6.07, 6.45) is 5.15. The standard InChI is InChI=1S/C11H13N3O/c1-7-4-5-14(15)11-10(7)12-9(13-11)6-8-2-3-8/h4-5,8,15H,2-3,6H2,1H3. The Morgan fingerprint density at radius 3 is 2.93 bits per heavy atom. The Morgan fingerprint density at radius 1 is 1.47 bits per heavy atom. The second-order valence-electron chi connectivity index (χ2n) is 4.30. The first kappa shape index (κ1) is 8.71. The highest BCUT2D eigenvalue weighted by Crippen LogP contribution is 2.33. The zero-order valence-electron chi connectivity index (χ0n) is 8.64. The van der Waals surface area contributed by atoms with Crippen LogP contribution in [0.15, 0.2) is 12.3 Å². The molecule has 78 valence electrons. The molecule has 3 aliphatic rings. The average Bonchev–Trinajstić information content (AvgIpc) is 2.89. The van der Waals surface area contributed by atoms with E-state index >= 15 is 0 Å². The highest BCUT2D eigenvalue weighted by atomic mass is 16.5. The minimum Gasteiger partial charge on any atom is -0.427 e. The lowest BCUT2D eigenvalue weighted by molar-refractivity contribution is 0.186. The maximum atomic E-state index is 9.57. The fraction of sp³-hybridized carbons (Fsp3) is 0.455. The van der Waals surface area contributed by atoms with Gasteiger partial charge in [0.1, 0.15) is 11.5 Å². The quantitative estimate of drug-likeness (QED) is 0.758. The summed E-state index contributed by atoms with van der Waals surface area (Å²) in [5.41, 5.74) is 1.88. The van der Waals surface area contributed by atoms with Gasteiger partial charge in [0.2, 0.25) is 0 Å². The summed E-state index contributed by atoms with van der Waals surface area (Å²) in [4.78, 5) is 8.82. The summed E-state index contributed by atoms with van der Waals surface area (Å²) in [5.74, 6) is 2.21. The zero-order valence-corrected chi connectivity index (χ0v) is 8.64. The number of imidazole rings is 1. The molecule has 0 bridgehead atoms. The average molecular weight is 203 g/mol. The van der Waals surface area contributed by atoms with Gasteiger partial charge in [-0.2, -0.15) is 4.73 Å². The molecule has 1 aliphatic carbocycles. The van der Waals surface area contributed by atoms with Crippen LogP contribution in [-0.2, 0) is 6.42 Å². The zero-order chi connectivity index (χ0) is 10.4. The van der Waals surface area contributed by atoms with Crippen molar-refractivity contribution in [2.75, 3.05) is 0 Å². The number of aryl methyl sites for hydroxylation is 1. The van der Waals surface area contributed by atoms with Gasteiger partial charge in [-0.15, -0.1) is 0 Å². The second-order valence-corrected chi connectivity index (χ2v) is 4.30. The van der Waals surface area contributed by atoms with E-state index in [-0.39, 0.29) is 0 Å². The Kier molecular flexibility index (Phi) is 1.71. The summed E-state index contributed by atoms with van der Waals surface area (Å²) in [7, 11) is 0. The minimum absolute atomic E-state index is 0.575. The van der Waals surface area contributed by atoms with Crippen molar-refractivity contribution in [1.29, 1.82) is 0 Å². The molecule has 0 aromatic rings. The van der Waals surface area contributed by atoms with Crippen LogP contribution in [0.2, 0.25) is 0 Å². The van der Waals surface area contributed by atoms with Gasteiger partial charge in [-0.3, -0.25) is 0 Å². The maximum absolute atomic E-state index is 9.57. The number of nitrogens with zero attached hydrogens (tertiary/aromatic N) is 3. The summed E-state index contributed by atoms with van der Waals surface area (Å²) in [5, 5.41) is 9.57. The molecule has 0 saturated heterocycles. The predicted molar refractivity (Wildman–Crippen MR) is 55.0 cm³/mol. The number of aromatic nitrogens is 3. The number of hydrogen-bond acceptors (Lipinski definition) is 3. The highest BCUT2D eigenvalue weighted by Gasteiger charge is 2.25. The van der Waals surface area contributed by atoms with Crippen LogP contribution in [0.5, 0.6) is 0 Å². The maximum Gasteiger partial charge on any atom is 0.195 e. The summed E-state index contributed by atoms with van der Waals surface area (Å²) in [6, 6.07) is 1.85. The number of rotatable bonds is 2. The van der Waals surface area contributed by atoms with Crippen LogP contribution in [0.3, 0.4) is 0 Å². The van der Waals surface area contributed by atoms with Gasteiger partial charge < -0.3 is 5.21 Å². The first-order chi connectivity index (χ1) is 7.24. The number of fused-ring (bicyclic) bond motifs is 1. The van der Waals surface area contributed by atoms with Gasteiger partial charge in [0, 0.05) is 12.6 Å². The van der Waals surface area contributed by atoms with Crippen molar-refractivity contribution in [3.05, 3.63) is 23.7 Å². The third-order valence-corrected chi connectivity index (χ3v) is 2.91. The molecule has 2 heterocycles. The Hall–Kier alpha value is -1.58. The van der Waals surface area contributed by atoms with E-state index in [1.54, 1.807) is 6.20 Å². The van der Waals surface area contributed by atoms with Crippen LogP contribution < -0.4 is 0 Å². The van der Waals surface area contributed by atoms with E-state index in [1.807, 2.05) is 13.0 Å². The first-order valence-corrected chi connectivity index (χ1v) is 5.28. The van der Waals surface area contributed by atoms with E-state index in [0.29, 0.717) is 5.82 Å². The van der Waals surface area contributed by atoms with E-state index in [0.717, 1.165) is 34.2 Å². The Balaban J connectivity index is 2.06. The van der Waals surface area contributed by atoms with Crippen molar-refractivity contribution in [1.82, 2.24) is 14.7 Å². The predicted octanol–water partition coefficient (Wildman–Crippen LogP) is 1.88. The minimum atomic E-state index is 0.575. The van der Waals surface area contributed by atoms with Crippen LogP contribution in [0.1, 0.15) is 24.2 Å². The van der Waals surface area contributed by atoms with E-state index in [4.69, 9.17) is 0 Å². The summed E-state index contributed by atoms with van der Waals surface area (Å²) >= 11 is 0. The summed E-state index contributed by atoms with van der Waals surface area (Å²) in [6.45, 7) is 1.98. The van der Waals surface area contributed by atoms with Crippen molar-refractivity contribution in [2.45, 2.75) is 26.2 Å². The van der Waals surface area contributed by atoms with Gasteiger partial charge in [0.05, 0.1) is 0 Å². The molecule has 0 aromatic carbocycles. The third-order valence-electron chi connectivity index (χ3n) is 2.91. The lowest BCUT2D eigenvalue weighted by Crippen LogP contribution is -1.99. The Labute approximate surface area is 87.9 Å². The molecule has 0 atom stereocenters. The van der Waals surface area contributed by atoms with Gasteiger partial charge in [-0.25, -0.2) is 9.97 Å². The van der Waals surface area contributed by atoms with E-state index in [9.17, 15) is 5.21 Å². The number of pyridine rings is 1.